The number of benzene rings is 1. The molecule has 0 saturated carbocycles. The predicted molar refractivity (Wildman–Crippen MR) is 95.5 cm³/mol. The summed E-state index contributed by atoms with van der Waals surface area (Å²) < 4.78 is 16.6. The van der Waals surface area contributed by atoms with Gasteiger partial charge in [-0.2, -0.15) is 5.10 Å². The van der Waals surface area contributed by atoms with E-state index >= 15 is 0 Å². The van der Waals surface area contributed by atoms with Crippen LogP contribution in [0, 0.1) is 6.92 Å². The van der Waals surface area contributed by atoms with Gasteiger partial charge in [0.05, 0.1) is 12.8 Å². The molecular weight excluding hydrogens is 334 g/mol. The molecule has 1 amide bonds. The number of methoxy groups -OCH3 is 1. The molecule has 0 radical (unpaired) electrons. The lowest BCUT2D eigenvalue weighted by atomic mass is 10.1. The number of hydrogen-bond donors (Lipinski definition) is 0. The molecule has 0 N–H and O–H groups in total. The predicted octanol–water partition coefficient (Wildman–Crippen LogP) is 2.24. The van der Waals surface area contributed by atoms with E-state index in [0.717, 1.165) is 18.5 Å². The van der Waals surface area contributed by atoms with E-state index in [9.17, 15) is 4.79 Å². The Morgan fingerprint density at radius 2 is 1.92 bits per heavy atom. The fourth-order valence-corrected chi connectivity index (χ4v) is 2.77. The summed E-state index contributed by atoms with van der Waals surface area (Å²) >= 11 is 0. The summed E-state index contributed by atoms with van der Waals surface area (Å²) in [5, 5.41) is 8.01. The third kappa shape index (κ3) is 4.84. The van der Waals surface area contributed by atoms with E-state index in [4.69, 9.17) is 14.2 Å². The van der Waals surface area contributed by atoms with Crippen molar-refractivity contribution >= 4 is 5.91 Å². The summed E-state index contributed by atoms with van der Waals surface area (Å²) in [7, 11) is 1.60. The van der Waals surface area contributed by atoms with Crippen molar-refractivity contribution in [2.45, 2.75) is 25.9 Å². The van der Waals surface area contributed by atoms with Gasteiger partial charge in [0, 0.05) is 38.1 Å². The van der Waals surface area contributed by atoms with Gasteiger partial charge in [-0.3, -0.25) is 4.79 Å². The third-order valence-corrected chi connectivity index (χ3v) is 4.26. The highest BCUT2D eigenvalue weighted by atomic mass is 16.5. The molecule has 3 rings (SSSR count). The first kappa shape index (κ1) is 18.0. The van der Waals surface area contributed by atoms with Crippen molar-refractivity contribution < 1.29 is 19.0 Å². The van der Waals surface area contributed by atoms with Gasteiger partial charge < -0.3 is 19.1 Å². The molecule has 0 atom stereocenters. The second-order valence-corrected chi connectivity index (χ2v) is 6.18. The lowest BCUT2D eigenvalue weighted by Gasteiger charge is -2.31. The lowest BCUT2D eigenvalue weighted by Crippen LogP contribution is -2.43. The van der Waals surface area contributed by atoms with E-state index in [1.54, 1.807) is 24.1 Å². The molecule has 1 fully saturated rings. The minimum atomic E-state index is -0.0265. The topological polar surface area (TPSA) is 73.8 Å². The Kier molecular flexibility index (Phi) is 5.88. The first-order chi connectivity index (χ1) is 12.6. The Hall–Kier alpha value is -2.83. The third-order valence-electron chi connectivity index (χ3n) is 4.26. The van der Waals surface area contributed by atoms with Gasteiger partial charge in [0.1, 0.15) is 17.6 Å². The second-order valence-electron chi connectivity index (χ2n) is 6.18. The van der Waals surface area contributed by atoms with Crippen LogP contribution in [0.25, 0.3) is 0 Å². The number of ether oxygens (including phenoxy) is 3. The zero-order valence-electron chi connectivity index (χ0n) is 15.1. The normalized spacial score (nSPS) is 14.8. The molecule has 7 nitrogen and oxygen atoms in total. The number of aryl methyl sites for hydroxylation is 1. The SMILES string of the molecule is COc1cccc(OCC(=O)N2CCC(Oc3ccc(C)nn3)CC2)c1. The van der Waals surface area contributed by atoms with Gasteiger partial charge in [-0.15, -0.1) is 5.10 Å². The van der Waals surface area contributed by atoms with E-state index in [-0.39, 0.29) is 18.6 Å². The molecule has 26 heavy (non-hydrogen) atoms. The van der Waals surface area contributed by atoms with E-state index in [1.807, 2.05) is 31.2 Å². The highest BCUT2D eigenvalue weighted by Gasteiger charge is 2.24. The number of hydrogen-bond acceptors (Lipinski definition) is 6. The van der Waals surface area contributed by atoms with Gasteiger partial charge in [-0.05, 0) is 25.1 Å². The van der Waals surface area contributed by atoms with Crippen molar-refractivity contribution in [3.8, 4) is 17.4 Å². The molecule has 0 unspecified atom stereocenters. The number of aromatic nitrogens is 2. The average Bonchev–Trinajstić information content (AvgIpc) is 2.68. The summed E-state index contributed by atoms with van der Waals surface area (Å²) in [4.78, 5) is 14.1. The number of carbonyl (C=O) groups is 1. The minimum absolute atomic E-state index is 0.0160. The molecule has 1 saturated heterocycles. The highest BCUT2D eigenvalue weighted by Crippen LogP contribution is 2.20. The molecule has 1 aliphatic heterocycles. The van der Waals surface area contributed by atoms with Crippen LogP contribution in [0.3, 0.4) is 0 Å². The van der Waals surface area contributed by atoms with Gasteiger partial charge in [-0.1, -0.05) is 6.07 Å². The average molecular weight is 357 g/mol. The summed E-state index contributed by atoms with van der Waals surface area (Å²) in [6.07, 6.45) is 1.58. The number of nitrogens with zero attached hydrogens (tertiary/aromatic N) is 3. The monoisotopic (exact) mass is 357 g/mol. The first-order valence-electron chi connectivity index (χ1n) is 8.65. The molecule has 0 spiro atoms. The zero-order valence-corrected chi connectivity index (χ0v) is 15.1. The largest absolute Gasteiger partial charge is 0.497 e. The summed E-state index contributed by atoms with van der Waals surface area (Å²) in [5.41, 5.74) is 0.855. The van der Waals surface area contributed by atoms with Gasteiger partial charge in [0.2, 0.25) is 5.88 Å². The Bertz CT molecular complexity index is 728. The number of likely N-dealkylation sites (tertiary alicyclic amines) is 1. The maximum Gasteiger partial charge on any atom is 0.260 e. The Labute approximate surface area is 152 Å². The van der Waals surface area contributed by atoms with Crippen LogP contribution in [0.15, 0.2) is 36.4 Å². The molecule has 0 bridgehead atoms. The quantitative estimate of drug-likeness (QED) is 0.789. The molecule has 1 aliphatic rings. The molecular formula is C19H23N3O4. The van der Waals surface area contributed by atoms with Crippen molar-refractivity contribution in [3.05, 3.63) is 42.1 Å². The van der Waals surface area contributed by atoms with Crippen LogP contribution in [-0.4, -0.2) is 53.9 Å². The standard InChI is InChI=1S/C19H23N3O4/c1-14-6-7-18(21-20-14)26-15-8-10-22(11-9-15)19(23)13-25-17-5-3-4-16(12-17)24-2/h3-7,12,15H,8-11,13H2,1-2H3. The smallest absolute Gasteiger partial charge is 0.260 e. The van der Waals surface area contributed by atoms with Crippen LogP contribution in [0.4, 0.5) is 0 Å². The second kappa shape index (κ2) is 8.51. The molecule has 1 aromatic carbocycles. The van der Waals surface area contributed by atoms with Crippen LogP contribution in [0.1, 0.15) is 18.5 Å². The van der Waals surface area contributed by atoms with Crippen molar-refractivity contribution in [1.82, 2.24) is 15.1 Å². The van der Waals surface area contributed by atoms with Crippen LogP contribution in [-0.2, 0) is 4.79 Å². The summed E-state index contributed by atoms with van der Waals surface area (Å²) in [6, 6.07) is 10.9. The van der Waals surface area contributed by atoms with Gasteiger partial charge in [-0.25, -0.2) is 0 Å². The fourth-order valence-electron chi connectivity index (χ4n) is 2.77. The Morgan fingerprint density at radius 1 is 1.15 bits per heavy atom. The number of rotatable bonds is 6. The molecule has 138 valence electrons. The van der Waals surface area contributed by atoms with E-state index < -0.39 is 0 Å². The number of amides is 1. The molecule has 2 heterocycles. The molecule has 7 heteroatoms. The lowest BCUT2D eigenvalue weighted by molar-refractivity contribution is -0.135. The molecule has 2 aromatic rings. The van der Waals surface area contributed by atoms with Crippen molar-refractivity contribution in [2.75, 3.05) is 26.8 Å². The van der Waals surface area contributed by atoms with Gasteiger partial charge >= 0.3 is 0 Å². The summed E-state index contributed by atoms with van der Waals surface area (Å²) in [6.45, 7) is 3.19. The molecule has 1 aromatic heterocycles. The maximum absolute atomic E-state index is 12.3. The van der Waals surface area contributed by atoms with Crippen molar-refractivity contribution in [3.63, 3.8) is 0 Å². The van der Waals surface area contributed by atoms with Crippen LogP contribution in [0.5, 0.6) is 17.4 Å². The fraction of sp³-hybridized carbons (Fsp3) is 0.421. The van der Waals surface area contributed by atoms with Crippen LogP contribution < -0.4 is 14.2 Å². The molecule has 0 aliphatic carbocycles. The van der Waals surface area contributed by atoms with Gasteiger partial charge in [0.15, 0.2) is 6.61 Å². The number of piperidine rings is 1. The first-order valence-corrected chi connectivity index (χ1v) is 8.65. The highest BCUT2D eigenvalue weighted by molar-refractivity contribution is 5.77. The van der Waals surface area contributed by atoms with Crippen LogP contribution in [0.2, 0.25) is 0 Å². The Morgan fingerprint density at radius 3 is 2.62 bits per heavy atom. The Balaban J connectivity index is 1.43. The van der Waals surface area contributed by atoms with Crippen LogP contribution >= 0.6 is 0 Å². The van der Waals surface area contributed by atoms with Crippen molar-refractivity contribution in [1.29, 1.82) is 0 Å². The maximum atomic E-state index is 12.3. The van der Waals surface area contributed by atoms with Gasteiger partial charge in [0.25, 0.3) is 5.91 Å². The van der Waals surface area contributed by atoms with Crippen molar-refractivity contribution in [2.24, 2.45) is 0 Å². The summed E-state index contributed by atoms with van der Waals surface area (Å²) in [5.74, 6) is 1.82. The zero-order chi connectivity index (χ0) is 18.4. The van der Waals surface area contributed by atoms with E-state index in [0.29, 0.717) is 30.5 Å². The van der Waals surface area contributed by atoms with E-state index in [2.05, 4.69) is 10.2 Å². The van der Waals surface area contributed by atoms with E-state index in [1.165, 1.54) is 0 Å². The minimum Gasteiger partial charge on any atom is -0.497 e. The number of carbonyl (C=O) groups excluding carboxylic acids is 1.